The third kappa shape index (κ3) is 4.85. The molecule has 2 N–H and O–H groups in total. The Hall–Kier alpha value is -4.20. The quantitative estimate of drug-likeness (QED) is 0.569. The molecule has 168 valence electrons. The average molecular weight is 448 g/mol. The van der Waals surface area contributed by atoms with Crippen molar-refractivity contribution >= 4 is 18.0 Å². The average Bonchev–Trinajstić information content (AvgIpc) is 3.14. The molecular formula is C25H23FN3O4+. The maximum Gasteiger partial charge on any atom is 0.304 e. The number of hydrogen-bond acceptors (Lipinski definition) is 4. The minimum absolute atomic E-state index is 0.260. The van der Waals surface area contributed by atoms with Gasteiger partial charge in [-0.15, -0.1) is 10.1 Å². The first-order valence-electron chi connectivity index (χ1n) is 10.3. The molecule has 1 aliphatic rings. The van der Waals surface area contributed by atoms with Crippen LogP contribution >= 0.6 is 0 Å². The van der Waals surface area contributed by atoms with Gasteiger partial charge in [-0.1, -0.05) is 0 Å². The van der Waals surface area contributed by atoms with E-state index in [4.69, 9.17) is 9.47 Å². The van der Waals surface area contributed by atoms with Gasteiger partial charge in [-0.05, 0) is 72.8 Å². The number of carbonyl (C=O) groups excluding carboxylic acids is 2. The van der Waals surface area contributed by atoms with Gasteiger partial charge in [0.1, 0.15) is 17.3 Å². The molecule has 8 heteroatoms. The van der Waals surface area contributed by atoms with E-state index in [9.17, 15) is 14.0 Å². The zero-order valence-corrected chi connectivity index (χ0v) is 18.1. The number of carbonyl (C=O) groups is 2. The van der Waals surface area contributed by atoms with E-state index in [1.54, 1.807) is 37.3 Å². The second-order valence-electron chi connectivity index (χ2n) is 7.46. The number of methoxy groups -OCH3 is 2. The lowest BCUT2D eigenvalue weighted by Gasteiger charge is -2.15. The van der Waals surface area contributed by atoms with Crippen LogP contribution in [0.5, 0.6) is 11.5 Å². The van der Waals surface area contributed by atoms with Crippen LogP contribution in [-0.2, 0) is 4.79 Å². The maximum atomic E-state index is 13.2. The van der Waals surface area contributed by atoms with Gasteiger partial charge >= 0.3 is 5.91 Å². The van der Waals surface area contributed by atoms with Crippen LogP contribution in [0.15, 0.2) is 72.8 Å². The third-order valence-corrected chi connectivity index (χ3v) is 5.39. The molecule has 1 heterocycles. The fourth-order valence-corrected chi connectivity index (χ4v) is 3.66. The first-order chi connectivity index (χ1) is 16.0. The Morgan fingerprint density at radius 3 is 2.09 bits per heavy atom. The van der Waals surface area contributed by atoms with Crippen molar-refractivity contribution in [1.29, 1.82) is 0 Å². The fraction of sp³-hybridized carbons (Fsp3) is 0.160. The molecule has 0 aliphatic carbocycles. The molecule has 1 fully saturated rings. The third-order valence-electron chi connectivity index (χ3n) is 5.39. The summed E-state index contributed by atoms with van der Waals surface area (Å²) in [5, 5.41) is 2.79. The molecule has 2 amide bonds. The van der Waals surface area contributed by atoms with E-state index in [1.165, 1.54) is 24.3 Å². The Labute approximate surface area is 190 Å². The van der Waals surface area contributed by atoms with Crippen molar-refractivity contribution in [1.82, 2.24) is 10.7 Å². The number of nitrogens with one attached hydrogen (secondary N) is 2. The van der Waals surface area contributed by atoms with E-state index in [0.29, 0.717) is 11.5 Å². The number of hydrogen-bond donors (Lipinski definition) is 2. The van der Waals surface area contributed by atoms with E-state index in [2.05, 4.69) is 10.7 Å². The number of amides is 2. The van der Waals surface area contributed by atoms with Crippen LogP contribution < -0.4 is 20.2 Å². The van der Waals surface area contributed by atoms with E-state index in [1.807, 2.05) is 36.4 Å². The molecule has 0 aromatic heterocycles. The summed E-state index contributed by atoms with van der Waals surface area (Å²) in [5.41, 5.74) is 4.71. The molecule has 0 unspecified atom stereocenters. The second kappa shape index (κ2) is 9.52. The van der Waals surface area contributed by atoms with Crippen molar-refractivity contribution < 1.29 is 28.1 Å². The SMILES string of the molecule is COc1ccc(/C=[N+]2\NC(=O)[C@@H](NC(=O)c3ccc(F)cc3)[C@H]2c2ccc(OC)cc2)cc1. The molecule has 33 heavy (non-hydrogen) atoms. The molecule has 0 saturated carbocycles. The minimum atomic E-state index is -0.884. The summed E-state index contributed by atoms with van der Waals surface area (Å²) in [4.78, 5) is 25.7. The number of hydrazone groups is 1. The Morgan fingerprint density at radius 1 is 0.939 bits per heavy atom. The molecule has 2 atom stereocenters. The Balaban J connectivity index is 1.68. The van der Waals surface area contributed by atoms with Crippen molar-refractivity contribution in [3.63, 3.8) is 0 Å². The number of rotatable bonds is 6. The van der Waals surface area contributed by atoms with E-state index in [0.717, 1.165) is 11.1 Å². The minimum Gasteiger partial charge on any atom is -0.497 e. The summed E-state index contributed by atoms with van der Waals surface area (Å²) < 4.78 is 25.4. The molecule has 1 aliphatic heterocycles. The summed E-state index contributed by atoms with van der Waals surface area (Å²) in [6.45, 7) is 0. The normalized spacial score (nSPS) is 18.6. The van der Waals surface area contributed by atoms with Crippen molar-refractivity contribution in [2.24, 2.45) is 0 Å². The maximum absolute atomic E-state index is 13.2. The van der Waals surface area contributed by atoms with Gasteiger partial charge in [0.05, 0.1) is 14.2 Å². The monoisotopic (exact) mass is 448 g/mol. The highest BCUT2D eigenvalue weighted by Crippen LogP contribution is 2.27. The van der Waals surface area contributed by atoms with Gasteiger partial charge in [-0.2, -0.15) is 0 Å². The van der Waals surface area contributed by atoms with Crippen LogP contribution in [0.3, 0.4) is 0 Å². The van der Waals surface area contributed by atoms with E-state index in [-0.39, 0.29) is 11.5 Å². The van der Waals surface area contributed by atoms with Crippen molar-refractivity contribution in [2.75, 3.05) is 14.2 Å². The highest BCUT2D eigenvalue weighted by Gasteiger charge is 2.47. The molecule has 0 bridgehead atoms. The van der Waals surface area contributed by atoms with Crippen LogP contribution in [0.25, 0.3) is 0 Å². The van der Waals surface area contributed by atoms with Crippen LogP contribution in [0.4, 0.5) is 4.39 Å². The van der Waals surface area contributed by atoms with Gasteiger partial charge in [0.15, 0.2) is 6.04 Å². The Kier molecular flexibility index (Phi) is 6.35. The molecule has 3 aromatic carbocycles. The molecule has 7 nitrogen and oxygen atoms in total. The van der Waals surface area contributed by atoms with Crippen molar-refractivity contribution in [3.8, 4) is 11.5 Å². The van der Waals surface area contributed by atoms with Gasteiger partial charge in [0, 0.05) is 16.7 Å². The highest BCUT2D eigenvalue weighted by atomic mass is 19.1. The predicted molar refractivity (Wildman–Crippen MR) is 120 cm³/mol. The number of hydrazine groups is 1. The first-order valence-corrected chi connectivity index (χ1v) is 10.3. The van der Waals surface area contributed by atoms with Gasteiger partial charge < -0.3 is 14.8 Å². The van der Waals surface area contributed by atoms with Crippen LogP contribution in [0, 0.1) is 5.82 Å². The van der Waals surface area contributed by atoms with Gasteiger partial charge in [-0.3, -0.25) is 9.59 Å². The summed E-state index contributed by atoms with van der Waals surface area (Å²) in [7, 11) is 3.17. The molecule has 3 aromatic rings. The largest absolute Gasteiger partial charge is 0.497 e. The standard InChI is InChI=1S/C25H22FN3O4/c1-32-20-11-3-16(4-12-20)15-29-23(17-7-13-21(33-2)14-8-17)22(25(31)28-29)27-24(30)18-5-9-19(26)10-6-18/h3-15,22-23H,1-2H3,(H-,27,28,30,31)/p+1/b29-15-/t22-,23+/m0/s1. The van der Waals surface area contributed by atoms with E-state index >= 15 is 0 Å². The lowest BCUT2D eigenvalue weighted by molar-refractivity contribution is -0.596. The van der Waals surface area contributed by atoms with Gasteiger partial charge in [-0.25, -0.2) is 4.39 Å². The molecule has 0 radical (unpaired) electrons. The first kappa shape index (κ1) is 22.0. The number of benzene rings is 3. The lowest BCUT2D eigenvalue weighted by Crippen LogP contribution is -2.42. The lowest BCUT2D eigenvalue weighted by atomic mass is 9.99. The highest BCUT2D eigenvalue weighted by molar-refractivity contribution is 5.98. The van der Waals surface area contributed by atoms with Crippen molar-refractivity contribution in [2.45, 2.75) is 12.1 Å². The second-order valence-corrected chi connectivity index (χ2v) is 7.46. The van der Waals surface area contributed by atoms with E-state index < -0.39 is 23.8 Å². The zero-order valence-electron chi connectivity index (χ0n) is 18.1. The number of ether oxygens (including phenoxy) is 2. The summed E-state index contributed by atoms with van der Waals surface area (Å²) >= 11 is 0. The number of nitrogens with zero attached hydrogens (tertiary/aromatic N) is 1. The predicted octanol–water partition coefficient (Wildman–Crippen LogP) is 2.86. The Bertz CT molecular complexity index is 1180. The van der Waals surface area contributed by atoms with Crippen molar-refractivity contribution in [3.05, 3.63) is 95.3 Å². The fourth-order valence-electron chi connectivity index (χ4n) is 3.66. The topological polar surface area (TPSA) is 79.7 Å². The summed E-state index contributed by atoms with van der Waals surface area (Å²) in [5.74, 6) is 0.111. The molecular weight excluding hydrogens is 425 g/mol. The Morgan fingerprint density at radius 2 is 1.52 bits per heavy atom. The zero-order chi connectivity index (χ0) is 23.4. The molecule has 4 rings (SSSR count). The van der Waals surface area contributed by atoms with Crippen LogP contribution in [0.1, 0.15) is 27.5 Å². The van der Waals surface area contributed by atoms with Crippen LogP contribution in [-0.4, -0.2) is 43.0 Å². The van der Waals surface area contributed by atoms with Gasteiger partial charge in [0.2, 0.25) is 12.3 Å². The number of halogens is 1. The molecule has 0 spiro atoms. The smallest absolute Gasteiger partial charge is 0.304 e. The van der Waals surface area contributed by atoms with Crippen LogP contribution in [0.2, 0.25) is 0 Å². The van der Waals surface area contributed by atoms with Gasteiger partial charge in [0.25, 0.3) is 5.91 Å². The molecule has 1 saturated heterocycles. The summed E-state index contributed by atoms with van der Waals surface area (Å²) in [6, 6.07) is 18.4. The summed E-state index contributed by atoms with van der Waals surface area (Å²) in [6.07, 6.45) is 1.79.